The van der Waals surface area contributed by atoms with Crippen molar-refractivity contribution < 1.29 is 0 Å². The van der Waals surface area contributed by atoms with Gasteiger partial charge in [0.2, 0.25) is 0 Å². The maximum Gasteiger partial charge on any atom is 0.0436 e. The summed E-state index contributed by atoms with van der Waals surface area (Å²) in [7, 11) is 0. The van der Waals surface area contributed by atoms with Crippen molar-refractivity contribution in [3.05, 3.63) is 12.2 Å². The molecule has 0 amide bonds. The molecule has 1 rings (SSSR count). The van der Waals surface area contributed by atoms with Gasteiger partial charge in [0, 0.05) is 6.04 Å². The summed E-state index contributed by atoms with van der Waals surface area (Å²) in [6, 6.07) is 0.654. The van der Waals surface area contributed by atoms with E-state index in [4.69, 9.17) is 0 Å². The zero-order valence-corrected chi connectivity index (χ0v) is 6.06. The third-order valence-corrected chi connectivity index (χ3v) is 1.55. The summed E-state index contributed by atoms with van der Waals surface area (Å²) in [5.41, 5.74) is 0. The maximum absolute atomic E-state index is 3.38. The van der Waals surface area contributed by atoms with Crippen molar-refractivity contribution in [3.63, 3.8) is 0 Å². The van der Waals surface area contributed by atoms with Crippen LogP contribution >= 0.6 is 0 Å². The molecule has 1 heteroatoms. The van der Waals surface area contributed by atoms with Gasteiger partial charge in [0.1, 0.15) is 0 Å². The Bertz CT molecular complexity index is 90.7. The summed E-state index contributed by atoms with van der Waals surface area (Å²) in [5.74, 6) is 0. The van der Waals surface area contributed by atoms with Crippen molar-refractivity contribution in [2.24, 2.45) is 0 Å². The molecule has 0 saturated carbocycles. The highest BCUT2D eigenvalue weighted by Crippen LogP contribution is 2.03. The monoisotopic (exact) mass is 125 g/mol. The van der Waals surface area contributed by atoms with Crippen LogP contribution in [0.15, 0.2) is 12.2 Å². The van der Waals surface area contributed by atoms with E-state index in [0.717, 1.165) is 0 Å². The normalized spacial score (nSPS) is 16.6. The summed E-state index contributed by atoms with van der Waals surface area (Å²) in [5, 5.41) is 3.38. The second kappa shape index (κ2) is 3.67. The van der Waals surface area contributed by atoms with Crippen molar-refractivity contribution in [1.82, 2.24) is 5.32 Å². The molecule has 0 aromatic heterocycles. The first kappa shape index (κ1) is 6.81. The fourth-order valence-corrected chi connectivity index (χ4v) is 0.835. The van der Waals surface area contributed by atoms with Gasteiger partial charge in [-0.05, 0) is 13.0 Å². The van der Waals surface area contributed by atoms with Crippen LogP contribution < -0.4 is 5.32 Å². The number of nitrogens with one attached hydrogen (secondary N) is 1. The van der Waals surface area contributed by atoms with E-state index in [9.17, 15) is 0 Å². The molecular formula is C8H15N. The minimum atomic E-state index is 0.654. The van der Waals surface area contributed by atoms with Gasteiger partial charge in [-0.1, -0.05) is 31.9 Å². The predicted molar refractivity (Wildman–Crippen MR) is 40.5 cm³/mol. The van der Waals surface area contributed by atoms with Crippen LogP contribution in [-0.4, -0.2) is 12.6 Å². The molecule has 9 heavy (non-hydrogen) atoms. The molecule has 0 spiro atoms. The maximum atomic E-state index is 3.38. The van der Waals surface area contributed by atoms with E-state index in [-0.39, 0.29) is 0 Å². The molecule has 0 aromatic carbocycles. The highest BCUT2D eigenvalue weighted by atomic mass is 14.9. The molecule has 0 unspecified atom stereocenters. The van der Waals surface area contributed by atoms with Crippen LogP contribution in [0.4, 0.5) is 0 Å². The van der Waals surface area contributed by atoms with Crippen LogP contribution in [-0.2, 0) is 0 Å². The van der Waals surface area contributed by atoms with Crippen LogP contribution in [0, 0.1) is 0 Å². The van der Waals surface area contributed by atoms with Crippen LogP contribution in [0.2, 0.25) is 0 Å². The van der Waals surface area contributed by atoms with Crippen LogP contribution in [0.5, 0.6) is 0 Å². The molecule has 0 heterocycles. The molecular weight excluding hydrogens is 110 g/mol. The fraction of sp³-hybridized carbons (Fsp3) is 0.750. The third kappa shape index (κ3) is 3.31. The molecule has 0 atom stereocenters. The Balaban J connectivity index is 1.71. The van der Waals surface area contributed by atoms with Gasteiger partial charge in [0.25, 0.3) is 0 Å². The van der Waals surface area contributed by atoms with Crippen LogP contribution in [0.1, 0.15) is 26.2 Å². The molecule has 52 valence electrons. The lowest BCUT2D eigenvalue weighted by Gasteiger charge is -1.99. The van der Waals surface area contributed by atoms with Gasteiger partial charge in [-0.3, -0.25) is 0 Å². The van der Waals surface area contributed by atoms with Gasteiger partial charge in [0.15, 0.2) is 0 Å². The summed E-state index contributed by atoms with van der Waals surface area (Å²) < 4.78 is 0. The summed E-state index contributed by atoms with van der Waals surface area (Å²) in [6.45, 7) is 3.42. The Morgan fingerprint density at radius 1 is 1.33 bits per heavy atom. The van der Waals surface area contributed by atoms with E-state index in [1.165, 1.54) is 25.8 Å². The van der Waals surface area contributed by atoms with Crippen molar-refractivity contribution in [2.75, 3.05) is 6.54 Å². The lowest BCUT2D eigenvalue weighted by atomic mass is 10.2. The molecule has 1 N–H and O–H groups in total. The third-order valence-electron chi connectivity index (χ3n) is 1.55. The number of hydrogen-bond acceptors (Lipinski definition) is 1. The number of rotatable bonds is 5. The Morgan fingerprint density at radius 3 is 2.67 bits per heavy atom. The molecule has 0 radical (unpaired) electrons. The van der Waals surface area contributed by atoms with E-state index < -0.39 is 0 Å². The van der Waals surface area contributed by atoms with Gasteiger partial charge in [-0.25, -0.2) is 0 Å². The molecule has 1 nitrogen and oxygen atoms in total. The van der Waals surface area contributed by atoms with Gasteiger partial charge in [0.05, 0.1) is 0 Å². The Hall–Kier alpha value is -0.300. The molecule has 0 saturated heterocycles. The van der Waals surface area contributed by atoms with Gasteiger partial charge in [-0.2, -0.15) is 0 Å². The minimum Gasteiger partial charge on any atom is -0.307 e. The quantitative estimate of drug-likeness (QED) is 0.435. The average molecular weight is 125 g/mol. The summed E-state index contributed by atoms with van der Waals surface area (Å²) in [6.07, 6.45) is 8.38. The second-order valence-electron chi connectivity index (χ2n) is 2.57. The SMILES string of the molecule is CCCCCNC1C=C1. The van der Waals surface area contributed by atoms with Crippen molar-refractivity contribution >= 4 is 0 Å². The van der Waals surface area contributed by atoms with Gasteiger partial charge < -0.3 is 5.32 Å². The van der Waals surface area contributed by atoms with Crippen LogP contribution in [0.25, 0.3) is 0 Å². The first-order valence-electron chi connectivity index (χ1n) is 3.85. The van der Waals surface area contributed by atoms with Crippen molar-refractivity contribution in [3.8, 4) is 0 Å². The Morgan fingerprint density at radius 2 is 2.11 bits per heavy atom. The van der Waals surface area contributed by atoms with E-state index in [1.54, 1.807) is 0 Å². The molecule has 0 fully saturated rings. The number of hydrogen-bond donors (Lipinski definition) is 1. The highest BCUT2D eigenvalue weighted by molar-refractivity contribution is 5.19. The van der Waals surface area contributed by atoms with Gasteiger partial charge in [-0.15, -0.1) is 0 Å². The van der Waals surface area contributed by atoms with Crippen LogP contribution in [0.3, 0.4) is 0 Å². The fourth-order valence-electron chi connectivity index (χ4n) is 0.835. The van der Waals surface area contributed by atoms with E-state index in [0.29, 0.717) is 6.04 Å². The van der Waals surface area contributed by atoms with Gasteiger partial charge >= 0.3 is 0 Å². The largest absolute Gasteiger partial charge is 0.307 e. The number of unbranched alkanes of at least 4 members (excludes halogenated alkanes) is 2. The minimum absolute atomic E-state index is 0.654. The van der Waals surface area contributed by atoms with Crippen molar-refractivity contribution in [2.45, 2.75) is 32.2 Å². The van der Waals surface area contributed by atoms with E-state index in [1.807, 2.05) is 0 Å². The predicted octanol–water partition coefficient (Wildman–Crippen LogP) is 1.70. The zero-order chi connectivity index (χ0) is 6.53. The standard InChI is InChI=1S/C8H15N/c1-2-3-4-7-9-8-5-6-8/h5-6,8-9H,2-4,7H2,1H3. The average Bonchev–Trinajstić information content (AvgIpc) is 2.63. The van der Waals surface area contributed by atoms with E-state index >= 15 is 0 Å². The van der Waals surface area contributed by atoms with E-state index in [2.05, 4.69) is 24.4 Å². The molecule has 0 bridgehead atoms. The molecule has 1 aliphatic rings. The first-order chi connectivity index (χ1) is 4.43. The van der Waals surface area contributed by atoms with Crippen molar-refractivity contribution in [1.29, 1.82) is 0 Å². The topological polar surface area (TPSA) is 12.0 Å². The first-order valence-corrected chi connectivity index (χ1v) is 3.85. The Labute approximate surface area is 57.1 Å². The zero-order valence-electron chi connectivity index (χ0n) is 6.06. The molecule has 0 aliphatic heterocycles. The smallest absolute Gasteiger partial charge is 0.0436 e. The summed E-state index contributed by atoms with van der Waals surface area (Å²) >= 11 is 0. The Kier molecular flexibility index (Phi) is 2.78. The lowest BCUT2D eigenvalue weighted by molar-refractivity contribution is 0.629. The second-order valence-corrected chi connectivity index (χ2v) is 2.57. The molecule has 0 aromatic rings. The lowest BCUT2D eigenvalue weighted by Crippen LogP contribution is -2.18. The highest BCUT2D eigenvalue weighted by Gasteiger charge is 2.06. The molecule has 1 aliphatic carbocycles. The summed E-state index contributed by atoms with van der Waals surface area (Å²) in [4.78, 5) is 0.